The third-order valence-electron chi connectivity index (χ3n) is 11.4. The number of carbonyl (C=O) groups excluding carboxylic acids is 1. The second-order valence-electron chi connectivity index (χ2n) is 17.0. The molecule has 4 N–H and O–H groups in total. The fraction of sp³-hybridized carbons (Fsp3) is 0.918. The number of nitrogens with two attached hydrogens (primary N) is 1. The second-order valence-corrected chi connectivity index (χ2v) is 17.0. The van der Waals surface area contributed by atoms with Crippen molar-refractivity contribution in [3.8, 4) is 0 Å². The first-order valence-electron chi connectivity index (χ1n) is 24.5. The van der Waals surface area contributed by atoms with Crippen molar-refractivity contribution in [2.75, 3.05) is 13.2 Å². The quantitative estimate of drug-likeness (QED) is 0.0323. The summed E-state index contributed by atoms with van der Waals surface area (Å²) in [4.78, 5) is 22.6. The molecule has 0 aliphatic carbocycles. The lowest BCUT2D eigenvalue weighted by molar-refractivity contribution is -0.144. The normalized spacial score (nSPS) is 12.8. The van der Waals surface area contributed by atoms with E-state index < -0.39 is 5.97 Å². The molecule has 0 aromatic rings. The van der Waals surface area contributed by atoms with Gasteiger partial charge in [-0.25, -0.2) is 0 Å². The van der Waals surface area contributed by atoms with Gasteiger partial charge in [-0.15, -0.1) is 0 Å². The van der Waals surface area contributed by atoms with Crippen LogP contribution in [0.4, 0.5) is 0 Å². The molecule has 0 aromatic heterocycles. The van der Waals surface area contributed by atoms with Crippen LogP contribution in [0.2, 0.25) is 0 Å². The highest BCUT2D eigenvalue weighted by molar-refractivity contribution is 5.69. The minimum absolute atomic E-state index is 0.00475. The molecule has 0 amide bonds. The Bertz CT molecular complexity index is 817. The highest BCUT2D eigenvalue weighted by atomic mass is 16.5. The van der Waals surface area contributed by atoms with Crippen molar-refractivity contribution >= 4 is 11.9 Å². The first-order valence-corrected chi connectivity index (χ1v) is 24.5. The zero-order valence-electron chi connectivity index (χ0n) is 37.1. The molecule has 0 fully saturated rings. The lowest BCUT2D eigenvalue weighted by atomic mass is 10.0. The number of hydrogen-bond donors (Lipinski definition) is 3. The maximum absolute atomic E-state index is 12.1. The monoisotopic (exact) mass is 777 g/mol. The molecule has 55 heavy (non-hydrogen) atoms. The fourth-order valence-corrected chi connectivity index (χ4v) is 7.66. The molecule has 0 saturated carbocycles. The highest BCUT2D eigenvalue weighted by Crippen LogP contribution is 2.16. The Morgan fingerprint density at radius 3 is 1.36 bits per heavy atom. The van der Waals surface area contributed by atoms with Crippen molar-refractivity contribution in [2.24, 2.45) is 5.73 Å². The van der Waals surface area contributed by atoms with E-state index in [0.717, 1.165) is 38.6 Å². The van der Waals surface area contributed by atoms with Crippen molar-refractivity contribution in [1.29, 1.82) is 0 Å². The van der Waals surface area contributed by atoms with Gasteiger partial charge in [-0.05, 0) is 71.3 Å². The van der Waals surface area contributed by atoms with Crippen LogP contribution in [0.25, 0.3) is 0 Å². The molecule has 0 spiro atoms. The van der Waals surface area contributed by atoms with Gasteiger partial charge < -0.3 is 20.9 Å². The molecule has 0 rings (SSSR count). The second kappa shape index (κ2) is 45.3. The van der Waals surface area contributed by atoms with Crippen LogP contribution in [0.5, 0.6) is 0 Å². The molecule has 326 valence electrons. The zero-order valence-corrected chi connectivity index (χ0v) is 37.1. The van der Waals surface area contributed by atoms with E-state index in [0.29, 0.717) is 25.5 Å². The molecule has 0 heterocycles. The zero-order chi connectivity index (χ0) is 40.1. The van der Waals surface area contributed by atoms with Gasteiger partial charge >= 0.3 is 11.9 Å². The maximum Gasteiger partial charge on any atom is 0.305 e. The number of ether oxygens (including phenoxy) is 1. The Morgan fingerprint density at radius 1 is 0.527 bits per heavy atom. The molecule has 6 nitrogen and oxygen atoms in total. The SMILES string of the molecule is CCCCCCCC/C=C\CCCCCCCCOC(=O)CCCCCCCCCCCCCNC(CCCCCCCCCCCCCC(=O)O)C(C)N. The summed E-state index contributed by atoms with van der Waals surface area (Å²) in [5.41, 5.74) is 6.30. The summed E-state index contributed by atoms with van der Waals surface area (Å²) in [7, 11) is 0. The van der Waals surface area contributed by atoms with Gasteiger partial charge in [-0.1, -0.05) is 199 Å². The molecule has 0 bridgehead atoms. The number of nitrogens with one attached hydrogen (secondary N) is 1. The molecule has 2 unspecified atom stereocenters. The van der Waals surface area contributed by atoms with Crippen LogP contribution < -0.4 is 11.1 Å². The number of rotatable bonds is 46. The number of hydrogen-bond acceptors (Lipinski definition) is 5. The Balaban J connectivity index is 3.38. The van der Waals surface area contributed by atoms with E-state index in [9.17, 15) is 9.59 Å². The van der Waals surface area contributed by atoms with Crippen molar-refractivity contribution in [1.82, 2.24) is 5.32 Å². The largest absolute Gasteiger partial charge is 0.481 e. The van der Waals surface area contributed by atoms with E-state index in [-0.39, 0.29) is 12.0 Å². The van der Waals surface area contributed by atoms with E-state index in [1.165, 1.54) is 205 Å². The minimum atomic E-state index is -0.666. The fourth-order valence-electron chi connectivity index (χ4n) is 7.66. The summed E-state index contributed by atoms with van der Waals surface area (Å²) in [5.74, 6) is -0.661. The van der Waals surface area contributed by atoms with Gasteiger partial charge in [0, 0.05) is 24.9 Å². The van der Waals surface area contributed by atoms with Crippen LogP contribution in [0, 0.1) is 0 Å². The van der Waals surface area contributed by atoms with E-state index in [1.54, 1.807) is 0 Å². The van der Waals surface area contributed by atoms with Crippen LogP contribution in [0.3, 0.4) is 0 Å². The molecule has 0 aromatic carbocycles. The third-order valence-corrected chi connectivity index (χ3v) is 11.4. The van der Waals surface area contributed by atoms with Gasteiger partial charge in [0.1, 0.15) is 0 Å². The summed E-state index contributed by atoms with van der Waals surface area (Å²) in [6.07, 6.45) is 52.6. The van der Waals surface area contributed by atoms with Crippen molar-refractivity contribution in [3.05, 3.63) is 12.2 Å². The van der Waals surface area contributed by atoms with Crippen LogP contribution in [-0.4, -0.2) is 42.3 Å². The third kappa shape index (κ3) is 45.2. The predicted octanol–water partition coefficient (Wildman–Crippen LogP) is 14.7. The molecule has 2 atom stereocenters. The Labute approximate surface area is 343 Å². The smallest absolute Gasteiger partial charge is 0.305 e. The standard InChI is InChI=1S/C49H96N2O4/c1-3-4-5-6-7-8-9-10-11-12-13-20-25-30-35-40-45-55-49(54)43-38-33-28-23-18-15-19-24-29-34-39-44-51-47(46(2)50)41-36-31-26-21-16-14-17-22-27-32-37-42-48(52)53/h10-11,46-47,51H,3-9,12-45,50H2,1-2H3,(H,52,53)/b11-10-. The summed E-state index contributed by atoms with van der Waals surface area (Å²) >= 11 is 0. The summed E-state index contributed by atoms with van der Waals surface area (Å²) in [6, 6.07) is 0.653. The number of carboxylic acid groups (broad SMARTS) is 1. The number of carbonyl (C=O) groups is 2. The average Bonchev–Trinajstić information content (AvgIpc) is 3.16. The van der Waals surface area contributed by atoms with Crippen LogP contribution in [0.15, 0.2) is 12.2 Å². The first-order chi connectivity index (χ1) is 27.0. The Hall–Kier alpha value is -1.40. The lowest BCUT2D eigenvalue weighted by Gasteiger charge is -2.22. The number of allylic oxidation sites excluding steroid dienone is 2. The van der Waals surface area contributed by atoms with E-state index in [4.69, 9.17) is 15.6 Å². The summed E-state index contributed by atoms with van der Waals surface area (Å²) < 4.78 is 5.47. The van der Waals surface area contributed by atoms with Crippen molar-refractivity contribution < 1.29 is 19.4 Å². The minimum Gasteiger partial charge on any atom is -0.481 e. The van der Waals surface area contributed by atoms with Crippen molar-refractivity contribution in [3.63, 3.8) is 0 Å². The van der Waals surface area contributed by atoms with E-state index in [1.807, 2.05) is 0 Å². The maximum atomic E-state index is 12.1. The molecule has 0 aliphatic rings. The molecular formula is C49H96N2O4. The number of aliphatic carboxylic acids is 1. The van der Waals surface area contributed by atoms with Gasteiger partial charge in [0.05, 0.1) is 6.61 Å². The highest BCUT2D eigenvalue weighted by Gasteiger charge is 2.12. The Kier molecular flexibility index (Phi) is 44.2. The average molecular weight is 777 g/mol. The van der Waals surface area contributed by atoms with Crippen LogP contribution in [0.1, 0.15) is 264 Å². The topological polar surface area (TPSA) is 102 Å². The van der Waals surface area contributed by atoms with E-state index >= 15 is 0 Å². The van der Waals surface area contributed by atoms with Crippen molar-refractivity contribution in [2.45, 2.75) is 276 Å². The van der Waals surface area contributed by atoms with Gasteiger partial charge in [0.2, 0.25) is 0 Å². The van der Waals surface area contributed by atoms with Crippen LogP contribution in [-0.2, 0) is 14.3 Å². The number of carboxylic acids is 1. The van der Waals surface area contributed by atoms with Gasteiger partial charge in [0.15, 0.2) is 0 Å². The number of unbranched alkanes of at least 4 members (excludes halogenated alkanes) is 32. The van der Waals surface area contributed by atoms with Crippen LogP contribution >= 0.6 is 0 Å². The van der Waals surface area contributed by atoms with E-state index in [2.05, 4.69) is 31.3 Å². The van der Waals surface area contributed by atoms with Gasteiger partial charge in [-0.3, -0.25) is 9.59 Å². The molecule has 0 saturated heterocycles. The number of esters is 1. The summed E-state index contributed by atoms with van der Waals surface area (Å²) in [5, 5.41) is 12.4. The lowest BCUT2D eigenvalue weighted by Crippen LogP contribution is -2.43. The molecule has 0 aliphatic heterocycles. The molecule has 6 heteroatoms. The first kappa shape index (κ1) is 53.6. The Morgan fingerprint density at radius 2 is 0.909 bits per heavy atom. The molecule has 0 radical (unpaired) electrons. The predicted molar refractivity (Wildman–Crippen MR) is 239 cm³/mol. The van der Waals surface area contributed by atoms with Gasteiger partial charge in [0.25, 0.3) is 0 Å². The summed E-state index contributed by atoms with van der Waals surface area (Å²) in [6.45, 7) is 6.12. The molecular weight excluding hydrogens is 681 g/mol. The van der Waals surface area contributed by atoms with Gasteiger partial charge in [-0.2, -0.15) is 0 Å².